The van der Waals surface area contributed by atoms with Crippen LogP contribution in [0.5, 0.6) is 0 Å². The fourth-order valence-corrected chi connectivity index (χ4v) is 1.82. The van der Waals surface area contributed by atoms with Crippen molar-refractivity contribution < 1.29 is 9.90 Å². The number of carboxylic acid groups (broad SMARTS) is 1. The van der Waals surface area contributed by atoms with Gasteiger partial charge in [0.2, 0.25) is 0 Å². The Bertz CT molecular complexity index is 171. The number of hydrogen-bond acceptors (Lipinski definition) is 2. The van der Waals surface area contributed by atoms with E-state index in [0.717, 1.165) is 32.2 Å². The predicted molar refractivity (Wildman–Crippen MR) is 58.5 cm³/mol. The molecule has 84 valence electrons. The Morgan fingerprint density at radius 1 is 1.29 bits per heavy atom. The fourth-order valence-electron chi connectivity index (χ4n) is 1.82. The molecule has 0 aliphatic heterocycles. The molecule has 0 saturated heterocycles. The van der Waals surface area contributed by atoms with Crippen molar-refractivity contribution in [2.45, 2.75) is 58.4 Å². The van der Waals surface area contributed by atoms with Crippen LogP contribution < -0.4 is 5.32 Å². The van der Waals surface area contributed by atoms with E-state index in [9.17, 15) is 4.79 Å². The first-order chi connectivity index (χ1) is 6.60. The summed E-state index contributed by atoms with van der Waals surface area (Å²) in [7, 11) is 0. The van der Waals surface area contributed by atoms with Crippen LogP contribution in [0.15, 0.2) is 0 Å². The molecule has 0 aromatic heterocycles. The molecular formula is C11H23NO2. The van der Waals surface area contributed by atoms with Gasteiger partial charge in [-0.1, -0.05) is 27.2 Å². The average Bonchev–Trinajstić information content (AvgIpc) is 2.14. The lowest BCUT2D eigenvalue weighted by Gasteiger charge is -2.32. The third-order valence-corrected chi connectivity index (χ3v) is 2.64. The van der Waals surface area contributed by atoms with Gasteiger partial charge in [-0.15, -0.1) is 0 Å². The van der Waals surface area contributed by atoms with E-state index in [1.54, 1.807) is 0 Å². The predicted octanol–water partition coefficient (Wildman–Crippen LogP) is 2.41. The Hall–Kier alpha value is -0.570. The lowest BCUT2D eigenvalue weighted by Crippen LogP contribution is -2.46. The summed E-state index contributed by atoms with van der Waals surface area (Å²) in [4.78, 5) is 10.8. The number of hydrogen-bond donors (Lipinski definition) is 2. The van der Waals surface area contributed by atoms with Crippen LogP contribution >= 0.6 is 0 Å². The zero-order valence-electron chi connectivity index (χ0n) is 9.60. The minimum atomic E-state index is -0.705. The molecule has 0 radical (unpaired) electrons. The van der Waals surface area contributed by atoms with E-state index in [0.29, 0.717) is 0 Å². The van der Waals surface area contributed by atoms with Crippen LogP contribution in [0.2, 0.25) is 0 Å². The molecule has 0 rings (SSSR count). The molecule has 14 heavy (non-hydrogen) atoms. The van der Waals surface area contributed by atoms with E-state index in [2.05, 4.69) is 26.1 Å². The van der Waals surface area contributed by atoms with E-state index in [1.165, 1.54) is 0 Å². The van der Waals surface area contributed by atoms with Crippen molar-refractivity contribution in [1.29, 1.82) is 0 Å². The van der Waals surface area contributed by atoms with Gasteiger partial charge in [-0.2, -0.15) is 0 Å². The molecule has 0 bridgehead atoms. The molecule has 2 N–H and O–H groups in total. The van der Waals surface area contributed by atoms with Gasteiger partial charge in [-0.25, -0.2) is 0 Å². The monoisotopic (exact) mass is 201 g/mol. The summed E-state index contributed by atoms with van der Waals surface area (Å²) < 4.78 is 0. The number of rotatable bonds is 8. The second kappa shape index (κ2) is 6.82. The van der Waals surface area contributed by atoms with Gasteiger partial charge in [0.25, 0.3) is 0 Å². The van der Waals surface area contributed by atoms with Crippen molar-refractivity contribution in [2.24, 2.45) is 0 Å². The Morgan fingerprint density at radius 2 is 1.93 bits per heavy atom. The van der Waals surface area contributed by atoms with Crippen molar-refractivity contribution in [1.82, 2.24) is 5.32 Å². The van der Waals surface area contributed by atoms with Crippen molar-refractivity contribution in [3.63, 3.8) is 0 Å². The summed E-state index contributed by atoms with van der Waals surface area (Å²) in [6, 6.07) is 0. The second-order valence-electron chi connectivity index (χ2n) is 3.88. The fraction of sp³-hybridized carbons (Fsp3) is 0.909. The topological polar surface area (TPSA) is 49.3 Å². The maximum Gasteiger partial charge on any atom is 0.305 e. The van der Waals surface area contributed by atoms with Crippen LogP contribution in [0, 0.1) is 0 Å². The Labute approximate surface area is 86.9 Å². The van der Waals surface area contributed by atoms with Gasteiger partial charge >= 0.3 is 5.97 Å². The van der Waals surface area contributed by atoms with Crippen LogP contribution in [0.3, 0.4) is 0 Å². The summed E-state index contributed by atoms with van der Waals surface area (Å²) in [5.41, 5.74) is -0.184. The Kier molecular flexibility index (Phi) is 6.54. The largest absolute Gasteiger partial charge is 0.481 e. The molecule has 0 amide bonds. The molecular weight excluding hydrogens is 178 g/mol. The first-order valence-corrected chi connectivity index (χ1v) is 5.57. The highest BCUT2D eigenvalue weighted by Crippen LogP contribution is 2.21. The van der Waals surface area contributed by atoms with Crippen LogP contribution in [0.25, 0.3) is 0 Å². The zero-order valence-corrected chi connectivity index (χ0v) is 9.60. The third-order valence-electron chi connectivity index (χ3n) is 2.64. The first-order valence-electron chi connectivity index (χ1n) is 5.57. The second-order valence-corrected chi connectivity index (χ2v) is 3.88. The molecule has 0 fully saturated rings. The van der Waals surface area contributed by atoms with E-state index in [4.69, 9.17) is 5.11 Å². The Morgan fingerprint density at radius 3 is 2.29 bits per heavy atom. The molecule has 0 saturated carbocycles. The van der Waals surface area contributed by atoms with Gasteiger partial charge in [0.15, 0.2) is 0 Å². The van der Waals surface area contributed by atoms with Crippen LogP contribution in [-0.2, 0) is 4.79 Å². The van der Waals surface area contributed by atoms with Gasteiger partial charge in [-0.05, 0) is 25.8 Å². The lowest BCUT2D eigenvalue weighted by molar-refractivity contribution is -0.138. The quantitative estimate of drug-likeness (QED) is 0.634. The minimum Gasteiger partial charge on any atom is -0.481 e. The molecule has 0 aliphatic carbocycles. The number of carboxylic acids is 1. The first kappa shape index (κ1) is 13.4. The third kappa shape index (κ3) is 4.61. The van der Waals surface area contributed by atoms with Gasteiger partial charge in [0, 0.05) is 5.54 Å². The molecule has 1 atom stereocenters. The molecule has 0 heterocycles. The summed E-state index contributed by atoms with van der Waals surface area (Å²) in [5, 5.41) is 12.3. The molecule has 1 unspecified atom stereocenters. The minimum absolute atomic E-state index is 0.184. The van der Waals surface area contributed by atoms with Crippen molar-refractivity contribution >= 4 is 5.97 Å². The van der Waals surface area contributed by atoms with E-state index in [-0.39, 0.29) is 12.0 Å². The maximum atomic E-state index is 10.8. The summed E-state index contributed by atoms with van der Waals surface area (Å²) in [6.07, 6.45) is 4.13. The van der Waals surface area contributed by atoms with Gasteiger partial charge in [0.05, 0.1) is 6.42 Å². The lowest BCUT2D eigenvalue weighted by atomic mass is 9.87. The Balaban J connectivity index is 4.33. The number of aliphatic carboxylic acids is 1. The van der Waals surface area contributed by atoms with Crippen molar-refractivity contribution in [2.75, 3.05) is 6.54 Å². The number of nitrogens with one attached hydrogen (secondary N) is 1. The standard InChI is InChI=1S/C11H23NO2/c1-4-7-11(6-3,9-10(13)14)12-8-5-2/h12H,4-9H2,1-3H3,(H,13,14). The van der Waals surface area contributed by atoms with E-state index < -0.39 is 5.97 Å². The summed E-state index contributed by atoms with van der Waals surface area (Å²) >= 11 is 0. The summed E-state index contributed by atoms with van der Waals surface area (Å²) in [6.45, 7) is 7.16. The zero-order chi connectivity index (χ0) is 11.0. The van der Waals surface area contributed by atoms with E-state index >= 15 is 0 Å². The molecule has 3 heteroatoms. The highest BCUT2D eigenvalue weighted by molar-refractivity contribution is 5.68. The normalized spacial score (nSPS) is 15.1. The van der Waals surface area contributed by atoms with E-state index in [1.807, 2.05) is 0 Å². The smallest absolute Gasteiger partial charge is 0.305 e. The maximum absolute atomic E-state index is 10.8. The van der Waals surface area contributed by atoms with Crippen molar-refractivity contribution in [3.8, 4) is 0 Å². The van der Waals surface area contributed by atoms with Gasteiger partial charge in [-0.3, -0.25) is 4.79 Å². The molecule has 3 nitrogen and oxygen atoms in total. The summed E-state index contributed by atoms with van der Waals surface area (Å²) in [5.74, 6) is -0.705. The van der Waals surface area contributed by atoms with Gasteiger partial charge in [0.1, 0.15) is 0 Å². The number of carbonyl (C=O) groups is 1. The van der Waals surface area contributed by atoms with Crippen LogP contribution in [-0.4, -0.2) is 23.2 Å². The van der Waals surface area contributed by atoms with Crippen molar-refractivity contribution in [3.05, 3.63) is 0 Å². The highest BCUT2D eigenvalue weighted by atomic mass is 16.4. The molecule has 0 aromatic carbocycles. The molecule has 0 spiro atoms. The van der Waals surface area contributed by atoms with Gasteiger partial charge < -0.3 is 10.4 Å². The average molecular weight is 201 g/mol. The highest BCUT2D eigenvalue weighted by Gasteiger charge is 2.28. The molecule has 0 aliphatic rings. The molecule has 0 aromatic rings. The SMILES string of the molecule is CCCNC(CC)(CCC)CC(=O)O. The van der Waals surface area contributed by atoms with Crippen LogP contribution in [0.4, 0.5) is 0 Å². The van der Waals surface area contributed by atoms with Crippen LogP contribution in [0.1, 0.15) is 52.9 Å².